The molecule has 2 heterocycles. The van der Waals surface area contributed by atoms with Crippen LogP contribution in [0.3, 0.4) is 0 Å². The fourth-order valence-corrected chi connectivity index (χ4v) is 3.68. The molecule has 2 N–H and O–H groups in total. The number of likely N-dealkylation sites (tertiary alicyclic amines) is 1. The van der Waals surface area contributed by atoms with Crippen molar-refractivity contribution in [2.45, 2.75) is 31.3 Å². The Bertz CT molecular complexity index is 546. The zero-order valence-corrected chi connectivity index (χ0v) is 12.9. The first-order valence-corrected chi connectivity index (χ1v) is 7.99. The van der Waals surface area contributed by atoms with Gasteiger partial charge in [-0.05, 0) is 50.6 Å². The van der Waals surface area contributed by atoms with E-state index in [9.17, 15) is 0 Å². The minimum atomic E-state index is 0.381. The van der Waals surface area contributed by atoms with Gasteiger partial charge in [-0.2, -0.15) is 5.26 Å². The Morgan fingerprint density at radius 2 is 1.95 bits per heavy atom. The van der Waals surface area contributed by atoms with Gasteiger partial charge in [-0.1, -0.05) is 11.6 Å². The molecule has 0 amide bonds. The lowest BCUT2D eigenvalue weighted by Crippen LogP contribution is -2.46. The predicted molar refractivity (Wildman–Crippen MR) is 85.6 cm³/mol. The lowest BCUT2D eigenvalue weighted by Gasteiger charge is -2.34. The van der Waals surface area contributed by atoms with Gasteiger partial charge in [0.2, 0.25) is 0 Å². The molecule has 0 spiro atoms. The molecule has 1 atom stereocenters. The first-order chi connectivity index (χ1) is 10.2. The normalized spacial score (nSPS) is 24.2. The van der Waals surface area contributed by atoms with Gasteiger partial charge >= 0.3 is 0 Å². The third-order valence-corrected chi connectivity index (χ3v) is 4.97. The first kappa shape index (κ1) is 14.6. The number of nitrogens with zero attached hydrogens (tertiary/aromatic N) is 3. The van der Waals surface area contributed by atoms with Crippen LogP contribution in [0.1, 0.15) is 24.8 Å². The number of piperidine rings is 1. The Balaban J connectivity index is 1.66. The van der Waals surface area contributed by atoms with Gasteiger partial charge in [0, 0.05) is 25.2 Å². The number of hydrogen-bond donors (Lipinski definition) is 1. The van der Waals surface area contributed by atoms with Gasteiger partial charge in [-0.3, -0.25) is 4.90 Å². The summed E-state index contributed by atoms with van der Waals surface area (Å²) in [4.78, 5) is 4.91. The third-order valence-electron chi connectivity index (χ3n) is 4.67. The van der Waals surface area contributed by atoms with Crippen molar-refractivity contribution in [2.24, 2.45) is 5.73 Å². The van der Waals surface area contributed by atoms with E-state index in [0.717, 1.165) is 44.7 Å². The van der Waals surface area contributed by atoms with E-state index in [0.29, 0.717) is 22.7 Å². The number of nitriles is 1. The van der Waals surface area contributed by atoms with Crippen LogP contribution >= 0.6 is 11.6 Å². The van der Waals surface area contributed by atoms with Crippen molar-refractivity contribution in [3.05, 3.63) is 28.8 Å². The van der Waals surface area contributed by atoms with Crippen LogP contribution in [0, 0.1) is 11.3 Å². The summed E-state index contributed by atoms with van der Waals surface area (Å²) in [5.74, 6) is 0. The molecule has 21 heavy (non-hydrogen) atoms. The summed E-state index contributed by atoms with van der Waals surface area (Å²) in [7, 11) is 0. The molecular formula is C16H21ClN4. The summed E-state index contributed by atoms with van der Waals surface area (Å²) < 4.78 is 0. The Morgan fingerprint density at radius 3 is 2.62 bits per heavy atom. The standard InChI is InChI=1S/C16H21ClN4/c17-15-9-12(10-18)1-2-16(15)21-8-5-14(11-21)20-6-3-13(19)4-7-20/h1-2,9,13-14H,3-8,11,19H2. The van der Waals surface area contributed by atoms with Crippen molar-refractivity contribution in [1.82, 2.24) is 4.90 Å². The summed E-state index contributed by atoms with van der Waals surface area (Å²) in [6, 6.07) is 8.67. The van der Waals surface area contributed by atoms with Gasteiger partial charge in [0.1, 0.15) is 0 Å². The largest absolute Gasteiger partial charge is 0.369 e. The molecule has 1 aromatic carbocycles. The number of rotatable bonds is 2. The predicted octanol–water partition coefficient (Wildman–Crippen LogP) is 2.21. The minimum Gasteiger partial charge on any atom is -0.369 e. The van der Waals surface area contributed by atoms with E-state index in [-0.39, 0.29) is 0 Å². The fourth-order valence-electron chi connectivity index (χ4n) is 3.38. The van der Waals surface area contributed by atoms with Crippen molar-refractivity contribution < 1.29 is 0 Å². The highest BCUT2D eigenvalue weighted by Gasteiger charge is 2.30. The average molecular weight is 305 g/mol. The molecule has 0 saturated carbocycles. The lowest BCUT2D eigenvalue weighted by atomic mass is 10.0. The van der Waals surface area contributed by atoms with Gasteiger partial charge in [0.25, 0.3) is 0 Å². The molecule has 0 aromatic heterocycles. The number of anilines is 1. The van der Waals surface area contributed by atoms with Crippen molar-refractivity contribution in [3.63, 3.8) is 0 Å². The van der Waals surface area contributed by atoms with E-state index in [1.165, 1.54) is 6.42 Å². The van der Waals surface area contributed by atoms with Gasteiger partial charge < -0.3 is 10.6 Å². The Kier molecular flexibility index (Phi) is 4.34. The average Bonchev–Trinajstić information content (AvgIpc) is 2.97. The summed E-state index contributed by atoms with van der Waals surface area (Å²) in [5, 5.41) is 9.59. The van der Waals surface area contributed by atoms with Crippen molar-refractivity contribution in [2.75, 3.05) is 31.1 Å². The molecule has 0 aliphatic carbocycles. The SMILES string of the molecule is N#Cc1ccc(N2CCC(N3CCC(N)CC3)C2)c(Cl)c1. The fraction of sp³-hybridized carbons (Fsp3) is 0.562. The monoisotopic (exact) mass is 304 g/mol. The summed E-state index contributed by atoms with van der Waals surface area (Å²) in [6.45, 7) is 4.27. The Labute approximate surface area is 131 Å². The molecular weight excluding hydrogens is 284 g/mol. The van der Waals surface area contributed by atoms with Crippen LogP contribution in [-0.2, 0) is 0 Å². The van der Waals surface area contributed by atoms with Crippen molar-refractivity contribution in [3.8, 4) is 6.07 Å². The van der Waals surface area contributed by atoms with E-state index >= 15 is 0 Å². The smallest absolute Gasteiger partial charge is 0.0992 e. The zero-order valence-electron chi connectivity index (χ0n) is 12.1. The minimum absolute atomic E-state index is 0.381. The van der Waals surface area contributed by atoms with Crippen LogP contribution in [0.15, 0.2) is 18.2 Å². The second-order valence-corrected chi connectivity index (χ2v) is 6.45. The maximum atomic E-state index is 8.91. The maximum absolute atomic E-state index is 8.91. The number of hydrogen-bond acceptors (Lipinski definition) is 4. The third kappa shape index (κ3) is 3.16. The van der Waals surface area contributed by atoms with E-state index in [4.69, 9.17) is 22.6 Å². The van der Waals surface area contributed by atoms with E-state index in [1.807, 2.05) is 12.1 Å². The molecule has 2 aliphatic rings. The van der Waals surface area contributed by atoms with E-state index < -0.39 is 0 Å². The van der Waals surface area contributed by atoms with Crippen molar-refractivity contribution in [1.29, 1.82) is 5.26 Å². The number of nitrogens with two attached hydrogens (primary N) is 1. The molecule has 2 saturated heterocycles. The highest BCUT2D eigenvalue weighted by Crippen LogP contribution is 2.31. The van der Waals surface area contributed by atoms with Crippen molar-refractivity contribution >= 4 is 17.3 Å². The Hall–Kier alpha value is -1.28. The maximum Gasteiger partial charge on any atom is 0.0992 e. The summed E-state index contributed by atoms with van der Waals surface area (Å²) >= 11 is 6.32. The lowest BCUT2D eigenvalue weighted by molar-refractivity contribution is 0.163. The van der Waals surface area contributed by atoms with E-state index in [1.54, 1.807) is 6.07 Å². The number of benzene rings is 1. The van der Waals surface area contributed by atoms with Crippen LogP contribution in [-0.4, -0.2) is 43.2 Å². The van der Waals surface area contributed by atoms with Crippen LogP contribution in [0.5, 0.6) is 0 Å². The molecule has 2 aliphatic heterocycles. The van der Waals surface area contributed by atoms with Crippen LogP contribution in [0.4, 0.5) is 5.69 Å². The molecule has 1 aromatic rings. The highest BCUT2D eigenvalue weighted by molar-refractivity contribution is 6.33. The molecule has 2 fully saturated rings. The van der Waals surface area contributed by atoms with Gasteiger partial charge in [0.15, 0.2) is 0 Å². The van der Waals surface area contributed by atoms with E-state index in [2.05, 4.69) is 15.9 Å². The molecule has 4 nitrogen and oxygen atoms in total. The number of halogens is 1. The highest BCUT2D eigenvalue weighted by atomic mass is 35.5. The molecule has 5 heteroatoms. The zero-order chi connectivity index (χ0) is 14.8. The molecule has 3 rings (SSSR count). The van der Waals surface area contributed by atoms with Crippen LogP contribution < -0.4 is 10.6 Å². The first-order valence-electron chi connectivity index (χ1n) is 7.61. The Morgan fingerprint density at radius 1 is 1.19 bits per heavy atom. The summed E-state index contributed by atoms with van der Waals surface area (Å²) in [6.07, 6.45) is 3.38. The molecule has 0 radical (unpaired) electrons. The van der Waals surface area contributed by atoms with Crippen LogP contribution in [0.25, 0.3) is 0 Å². The molecule has 1 unspecified atom stereocenters. The van der Waals surface area contributed by atoms with Gasteiger partial charge in [0.05, 0.1) is 22.3 Å². The quantitative estimate of drug-likeness (QED) is 0.910. The topological polar surface area (TPSA) is 56.3 Å². The van der Waals surface area contributed by atoms with Crippen LogP contribution in [0.2, 0.25) is 5.02 Å². The second kappa shape index (κ2) is 6.23. The second-order valence-electron chi connectivity index (χ2n) is 6.04. The molecule has 0 bridgehead atoms. The van der Waals surface area contributed by atoms with Gasteiger partial charge in [-0.15, -0.1) is 0 Å². The summed E-state index contributed by atoms with van der Waals surface area (Å²) in [5.41, 5.74) is 7.64. The van der Waals surface area contributed by atoms with Gasteiger partial charge in [-0.25, -0.2) is 0 Å². The molecule has 112 valence electrons.